The Morgan fingerprint density at radius 3 is 2.36 bits per heavy atom. The van der Waals surface area contributed by atoms with Crippen LogP contribution < -0.4 is 4.90 Å². The maximum Gasteiger partial charge on any atom is 0.112 e. The van der Waals surface area contributed by atoms with Crippen LogP contribution in [0.4, 0.5) is 10.1 Å². The number of rotatable bonds is 4. The largest absolute Gasteiger partial charge is 0.369 e. The highest BCUT2D eigenvalue weighted by Gasteiger charge is 2.32. The van der Waals surface area contributed by atoms with Gasteiger partial charge in [-0.15, -0.1) is 0 Å². The molecule has 0 amide bonds. The van der Waals surface area contributed by atoms with Crippen molar-refractivity contribution in [2.75, 3.05) is 37.6 Å². The van der Waals surface area contributed by atoms with Crippen LogP contribution in [0.25, 0.3) is 0 Å². The first-order chi connectivity index (χ1) is 10.7. The fourth-order valence-electron chi connectivity index (χ4n) is 3.92. The van der Waals surface area contributed by atoms with E-state index in [4.69, 9.17) is 0 Å². The molecule has 3 heteroatoms. The third-order valence-corrected chi connectivity index (χ3v) is 5.45. The summed E-state index contributed by atoms with van der Waals surface area (Å²) in [5.74, 6) is 0. The van der Waals surface area contributed by atoms with Crippen LogP contribution in [-0.4, -0.2) is 43.3 Å². The van der Waals surface area contributed by atoms with Gasteiger partial charge < -0.3 is 4.90 Å². The van der Waals surface area contributed by atoms with Gasteiger partial charge in [0.2, 0.25) is 0 Å². The summed E-state index contributed by atoms with van der Waals surface area (Å²) in [5, 5.41) is 0. The Morgan fingerprint density at radius 1 is 1.00 bits per heavy atom. The number of hydrogen-bond donors (Lipinski definition) is 0. The molecule has 2 nitrogen and oxygen atoms in total. The van der Waals surface area contributed by atoms with Crippen molar-refractivity contribution in [1.29, 1.82) is 0 Å². The zero-order chi connectivity index (χ0) is 15.4. The Kier molecular flexibility index (Phi) is 5.02. The van der Waals surface area contributed by atoms with Gasteiger partial charge in [-0.2, -0.15) is 0 Å². The zero-order valence-corrected chi connectivity index (χ0v) is 13.9. The normalized spacial score (nSPS) is 22.7. The first-order valence-corrected chi connectivity index (χ1v) is 8.88. The van der Waals surface area contributed by atoms with Crippen molar-refractivity contribution in [3.05, 3.63) is 29.8 Å². The van der Waals surface area contributed by atoms with Gasteiger partial charge in [-0.3, -0.25) is 4.90 Å². The smallest absolute Gasteiger partial charge is 0.112 e. The molecule has 3 rings (SSSR count). The second kappa shape index (κ2) is 6.99. The zero-order valence-electron chi connectivity index (χ0n) is 13.9. The third kappa shape index (κ3) is 3.81. The van der Waals surface area contributed by atoms with Crippen LogP contribution in [0.3, 0.4) is 0 Å². The highest BCUT2D eigenvalue weighted by atomic mass is 19.1. The predicted molar refractivity (Wildman–Crippen MR) is 91.4 cm³/mol. The van der Waals surface area contributed by atoms with Gasteiger partial charge in [0.15, 0.2) is 0 Å². The Labute approximate surface area is 134 Å². The molecule has 0 radical (unpaired) electrons. The van der Waals surface area contributed by atoms with E-state index in [2.05, 4.69) is 41.0 Å². The van der Waals surface area contributed by atoms with Crippen LogP contribution in [0.5, 0.6) is 0 Å². The van der Waals surface area contributed by atoms with E-state index < -0.39 is 5.67 Å². The summed E-state index contributed by atoms with van der Waals surface area (Å²) in [7, 11) is 0. The molecule has 1 aromatic rings. The highest BCUT2D eigenvalue weighted by molar-refractivity contribution is 5.53. The number of benzene rings is 1. The molecule has 1 heterocycles. The van der Waals surface area contributed by atoms with Crippen molar-refractivity contribution >= 4 is 5.69 Å². The van der Waals surface area contributed by atoms with Crippen LogP contribution in [0.1, 0.15) is 44.1 Å². The molecule has 0 aromatic heterocycles. The number of anilines is 1. The molecular weight excluding hydrogens is 275 g/mol. The van der Waals surface area contributed by atoms with Crippen LogP contribution in [-0.2, 0) is 0 Å². The first kappa shape index (κ1) is 15.8. The van der Waals surface area contributed by atoms with Gasteiger partial charge in [0.1, 0.15) is 5.67 Å². The number of halogens is 1. The number of hydrogen-bond acceptors (Lipinski definition) is 2. The standard InChI is InChI=1S/C19H29FN2/c1-17-7-3-4-8-18(17)22-15-13-21(14-16-22)12-11-19(20)9-5-2-6-10-19/h3-4,7-8H,2,5-6,9-16H2,1H3. The van der Waals surface area contributed by atoms with E-state index in [9.17, 15) is 4.39 Å². The second-order valence-corrected chi connectivity index (χ2v) is 7.08. The summed E-state index contributed by atoms with van der Waals surface area (Å²) < 4.78 is 14.7. The van der Waals surface area contributed by atoms with E-state index in [1.807, 2.05) is 0 Å². The molecule has 1 aromatic carbocycles. The molecule has 1 aliphatic heterocycles. The van der Waals surface area contributed by atoms with E-state index in [1.54, 1.807) is 0 Å². The Balaban J connectivity index is 1.47. The molecule has 1 saturated heterocycles. The molecule has 22 heavy (non-hydrogen) atoms. The van der Waals surface area contributed by atoms with Crippen molar-refractivity contribution < 1.29 is 4.39 Å². The summed E-state index contributed by atoms with van der Waals surface area (Å²) in [4.78, 5) is 4.92. The average Bonchev–Trinajstić information content (AvgIpc) is 2.55. The van der Waals surface area contributed by atoms with Gasteiger partial charge in [0.05, 0.1) is 0 Å². The Morgan fingerprint density at radius 2 is 1.68 bits per heavy atom. The Hall–Kier alpha value is -1.09. The second-order valence-electron chi connectivity index (χ2n) is 7.08. The molecule has 0 N–H and O–H groups in total. The van der Waals surface area contributed by atoms with Gasteiger partial charge >= 0.3 is 0 Å². The lowest BCUT2D eigenvalue weighted by Crippen LogP contribution is -2.47. The first-order valence-electron chi connectivity index (χ1n) is 8.88. The molecule has 2 fully saturated rings. The number of piperazine rings is 1. The number of alkyl halides is 1. The van der Waals surface area contributed by atoms with E-state index in [0.717, 1.165) is 64.8 Å². The topological polar surface area (TPSA) is 6.48 Å². The maximum atomic E-state index is 14.7. The van der Waals surface area contributed by atoms with Gasteiger partial charge in [-0.05, 0) is 37.8 Å². The predicted octanol–water partition coefficient (Wildman–Crippen LogP) is 4.18. The Bertz CT molecular complexity index is 474. The number of para-hydroxylation sites is 1. The van der Waals surface area contributed by atoms with Crippen LogP contribution in [0.2, 0.25) is 0 Å². The molecule has 0 atom stereocenters. The number of nitrogens with zero attached hydrogens (tertiary/aromatic N) is 2. The molecule has 122 valence electrons. The maximum absolute atomic E-state index is 14.7. The lowest BCUT2D eigenvalue weighted by Gasteiger charge is -2.38. The van der Waals surface area contributed by atoms with E-state index in [-0.39, 0.29) is 0 Å². The van der Waals surface area contributed by atoms with Crippen LogP contribution >= 0.6 is 0 Å². The summed E-state index contributed by atoms with van der Waals surface area (Å²) in [6.45, 7) is 7.35. The van der Waals surface area contributed by atoms with E-state index in [1.165, 1.54) is 17.7 Å². The average molecular weight is 304 g/mol. The molecule has 0 bridgehead atoms. The molecule has 1 aliphatic carbocycles. The minimum atomic E-state index is -0.870. The van der Waals surface area contributed by atoms with Crippen molar-refractivity contribution in [2.45, 2.75) is 51.1 Å². The van der Waals surface area contributed by atoms with Gasteiger partial charge in [0, 0.05) is 38.4 Å². The quantitative estimate of drug-likeness (QED) is 0.823. The minimum Gasteiger partial charge on any atom is -0.369 e. The minimum absolute atomic E-state index is 0.733. The molecule has 0 spiro atoms. The van der Waals surface area contributed by atoms with E-state index in [0.29, 0.717) is 0 Å². The summed E-state index contributed by atoms with van der Waals surface area (Å²) in [5.41, 5.74) is 1.84. The molecule has 2 aliphatic rings. The molecule has 0 unspecified atom stereocenters. The van der Waals surface area contributed by atoms with Gasteiger partial charge in [-0.1, -0.05) is 37.5 Å². The van der Waals surface area contributed by atoms with Crippen molar-refractivity contribution in [3.63, 3.8) is 0 Å². The lowest BCUT2D eigenvalue weighted by molar-refractivity contribution is 0.0786. The monoisotopic (exact) mass is 304 g/mol. The van der Waals surface area contributed by atoms with Gasteiger partial charge in [0.25, 0.3) is 0 Å². The van der Waals surface area contributed by atoms with E-state index >= 15 is 0 Å². The van der Waals surface area contributed by atoms with Crippen molar-refractivity contribution in [1.82, 2.24) is 4.90 Å². The van der Waals surface area contributed by atoms with Crippen molar-refractivity contribution in [2.24, 2.45) is 0 Å². The SMILES string of the molecule is Cc1ccccc1N1CCN(CCC2(F)CCCCC2)CC1. The van der Waals surface area contributed by atoms with Crippen LogP contribution in [0, 0.1) is 6.92 Å². The summed E-state index contributed by atoms with van der Waals surface area (Å²) >= 11 is 0. The summed E-state index contributed by atoms with van der Waals surface area (Å²) in [6.07, 6.45) is 5.69. The third-order valence-electron chi connectivity index (χ3n) is 5.45. The molecular formula is C19H29FN2. The van der Waals surface area contributed by atoms with Gasteiger partial charge in [-0.25, -0.2) is 4.39 Å². The highest BCUT2D eigenvalue weighted by Crippen LogP contribution is 2.34. The summed E-state index contributed by atoms with van der Waals surface area (Å²) in [6, 6.07) is 8.60. The number of aryl methyl sites for hydroxylation is 1. The fourth-order valence-corrected chi connectivity index (χ4v) is 3.92. The van der Waals surface area contributed by atoms with Crippen LogP contribution in [0.15, 0.2) is 24.3 Å². The van der Waals surface area contributed by atoms with Crippen molar-refractivity contribution in [3.8, 4) is 0 Å². The fraction of sp³-hybridized carbons (Fsp3) is 0.684. The molecule has 1 saturated carbocycles. The lowest BCUT2D eigenvalue weighted by atomic mass is 9.84.